The minimum absolute atomic E-state index is 0.0760. The molecule has 1 aliphatic rings. The van der Waals surface area contributed by atoms with Gasteiger partial charge in [-0.2, -0.15) is 0 Å². The van der Waals surface area contributed by atoms with Gasteiger partial charge in [0.1, 0.15) is 5.75 Å². The van der Waals surface area contributed by atoms with Gasteiger partial charge in [0.25, 0.3) is 0 Å². The average molecular weight is 233 g/mol. The minimum atomic E-state index is 0.0760. The van der Waals surface area contributed by atoms with Gasteiger partial charge in [0.05, 0.1) is 6.10 Å². The summed E-state index contributed by atoms with van der Waals surface area (Å²) in [4.78, 5) is 4.75. The molecule has 0 aromatic carbocycles. The van der Waals surface area contributed by atoms with Gasteiger partial charge in [0, 0.05) is 28.9 Å². The molecule has 0 spiro atoms. The molecular weight excluding hydrogens is 210 g/mol. The van der Waals surface area contributed by atoms with Crippen LogP contribution in [-0.4, -0.2) is 11.1 Å². The predicted molar refractivity (Wildman–Crippen MR) is 70.7 cm³/mol. The fourth-order valence-corrected chi connectivity index (χ4v) is 1.65. The van der Waals surface area contributed by atoms with E-state index in [0.717, 1.165) is 17.1 Å². The maximum absolute atomic E-state index is 5.91. The molecular formula is C15H23NO. The first-order chi connectivity index (χ1) is 7.86. The summed E-state index contributed by atoms with van der Waals surface area (Å²) in [5, 5.41) is 0. The van der Waals surface area contributed by atoms with Crippen LogP contribution >= 0.6 is 0 Å². The normalized spacial score (nSPS) is 16.4. The van der Waals surface area contributed by atoms with Crippen LogP contribution in [0, 0.1) is 0 Å². The Morgan fingerprint density at radius 2 is 1.88 bits per heavy atom. The van der Waals surface area contributed by atoms with E-state index in [9.17, 15) is 0 Å². The van der Waals surface area contributed by atoms with Crippen molar-refractivity contribution in [1.29, 1.82) is 0 Å². The molecule has 0 radical (unpaired) electrons. The van der Waals surface area contributed by atoms with E-state index in [4.69, 9.17) is 9.72 Å². The second-order valence-electron chi connectivity index (χ2n) is 6.33. The molecule has 1 aromatic heterocycles. The highest BCUT2D eigenvalue weighted by Crippen LogP contribution is 2.31. The van der Waals surface area contributed by atoms with Crippen molar-refractivity contribution in [2.45, 2.75) is 64.9 Å². The summed E-state index contributed by atoms with van der Waals surface area (Å²) < 4.78 is 5.91. The quantitative estimate of drug-likeness (QED) is 0.786. The molecule has 0 bridgehead atoms. The Balaban J connectivity index is 2.34. The fraction of sp³-hybridized carbons (Fsp3) is 0.667. The molecule has 0 N–H and O–H groups in total. The molecule has 1 fully saturated rings. The molecule has 17 heavy (non-hydrogen) atoms. The van der Waals surface area contributed by atoms with Crippen molar-refractivity contribution < 1.29 is 4.74 Å². The number of ether oxygens (including phenoxy) is 1. The van der Waals surface area contributed by atoms with Gasteiger partial charge in [-0.15, -0.1) is 0 Å². The van der Waals surface area contributed by atoms with Gasteiger partial charge >= 0.3 is 0 Å². The van der Waals surface area contributed by atoms with Crippen LogP contribution in [0.2, 0.25) is 0 Å². The Labute approximate surface area is 104 Å². The van der Waals surface area contributed by atoms with E-state index in [1.54, 1.807) is 0 Å². The standard InChI is InChI=1S/C15H23NO/c1-10(2)13-8-12(17-11-6-7-11)9-14(16-13)15(3,4)5/h8-11H,6-7H2,1-5H3. The van der Waals surface area contributed by atoms with E-state index in [2.05, 4.69) is 46.8 Å². The van der Waals surface area contributed by atoms with E-state index < -0.39 is 0 Å². The number of rotatable bonds is 3. The SMILES string of the molecule is CC(C)c1cc(OC2CC2)cc(C(C)(C)C)n1. The van der Waals surface area contributed by atoms with Crippen LogP contribution in [0.25, 0.3) is 0 Å². The molecule has 0 amide bonds. The lowest BCUT2D eigenvalue weighted by Crippen LogP contribution is -2.15. The molecule has 2 nitrogen and oxygen atoms in total. The number of pyridine rings is 1. The lowest BCUT2D eigenvalue weighted by molar-refractivity contribution is 0.301. The molecule has 1 heterocycles. The lowest BCUT2D eigenvalue weighted by atomic mass is 9.91. The highest BCUT2D eigenvalue weighted by molar-refractivity contribution is 5.32. The number of hydrogen-bond acceptors (Lipinski definition) is 2. The number of nitrogens with zero attached hydrogens (tertiary/aromatic N) is 1. The highest BCUT2D eigenvalue weighted by atomic mass is 16.5. The Bertz CT molecular complexity index is 400. The van der Waals surface area contributed by atoms with Crippen LogP contribution in [-0.2, 0) is 5.41 Å². The van der Waals surface area contributed by atoms with Gasteiger partial charge < -0.3 is 4.74 Å². The van der Waals surface area contributed by atoms with E-state index >= 15 is 0 Å². The first kappa shape index (κ1) is 12.4. The largest absolute Gasteiger partial charge is 0.490 e. The van der Waals surface area contributed by atoms with Gasteiger partial charge in [-0.05, 0) is 18.8 Å². The van der Waals surface area contributed by atoms with Gasteiger partial charge in [-0.25, -0.2) is 0 Å². The van der Waals surface area contributed by atoms with Crippen molar-refractivity contribution in [3.8, 4) is 5.75 Å². The number of aromatic nitrogens is 1. The van der Waals surface area contributed by atoms with Crippen molar-refractivity contribution in [3.05, 3.63) is 23.5 Å². The summed E-state index contributed by atoms with van der Waals surface area (Å²) >= 11 is 0. The number of hydrogen-bond donors (Lipinski definition) is 0. The second kappa shape index (κ2) is 4.32. The van der Waals surface area contributed by atoms with E-state index in [1.165, 1.54) is 12.8 Å². The van der Waals surface area contributed by atoms with Crippen LogP contribution in [0.1, 0.15) is 64.8 Å². The molecule has 2 heteroatoms. The highest BCUT2D eigenvalue weighted by Gasteiger charge is 2.25. The zero-order valence-electron chi connectivity index (χ0n) is 11.6. The minimum Gasteiger partial charge on any atom is -0.490 e. The molecule has 94 valence electrons. The smallest absolute Gasteiger partial charge is 0.123 e. The van der Waals surface area contributed by atoms with Crippen molar-refractivity contribution in [2.75, 3.05) is 0 Å². The third-order valence-electron chi connectivity index (χ3n) is 3.01. The Hall–Kier alpha value is -1.05. The van der Waals surface area contributed by atoms with Crippen LogP contribution in [0.5, 0.6) is 5.75 Å². The first-order valence-electron chi connectivity index (χ1n) is 6.55. The van der Waals surface area contributed by atoms with Gasteiger partial charge in [0.2, 0.25) is 0 Å². The zero-order valence-corrected chi connectivity index (χ0v) is 11.6. The van der Waals surface area contributed by atoms with Crippen molar-refractivity contribution in [3.63, 3.8) is 0 Å². The van der Waals surface area contributed by atoms with E-state index in [0.29, 0.717) is 12.0 Å². The molecule has 1 saturated carbocycles. The molecule has 1 aromatic rings. The molecule has 0 aliphatic heterocycles. The monoisotopic (exact) mass is 233 g/mol. The van der Waals surface area contributed by atoms with Crippen LogP contribution in [0.3, 0.4) is 0 Å². The topological polar surface area (TPSA) is 22.1 Å². The van der Waals surface area contributed by atoms with Gasteiger partial charge in [-0.3, -0.25) is 4.98 Å². The Kier molecular flexibility index (Phi) is 3.15. The molecule has 0 atom stereocenters. The van der Waals surface area contributed by atoms with Crippen LogP contribution < -0.4 is 4.74 Å². The Morgan fingerprint density at radius 3 is 2.35 bits per heavy atom. The summed E-state index contributed by atoms with van der Waals surface area (Å²) in [7, 11) is 0. The summed E-state index contributed by atoms with van der Waals surface area (Å²) in [6.07, 6.45) is 2.85. The average Bonchev–Trinajstić information content (AvgIpc) is 2.99. The zero-order chi connectivity index (χ0) is 12.6. The predicted octanol–water partition coefficient (Wildman–Crippen LogP) is 4.04. The summed E-state index contributed by atoms with van der Waals surface area (Å²) in [5.41, 5.74) is 2.33. The Morgan fingerprint density at radius 1 is 1.24 bits per heavy atom. The third kappa shape index (κ3) is 3.21. The van der Waals surface area contributed by atoms with Crippen LogP contribution in [0.4, 0.5) is 0 Å². The fourth-order valence-electron chi connectivity index (χ4n) is 1.65. The van der Waals surface area contributed by atoms with Crippen molar-refractivity contribution in [1.82, 2.24) is 4.98 Å². The maximum atomic E-state index is 5.91. The second-order valence-corrected chi connectivity index (χ2v) is 6.33. The summed E-state index contributed by atoms with van der Waals surface area (Å²) in [5.74, 6) is 1.44. The summed E-state index contributed by atoms with van der Waals surface area (Å²) in [6.45, 7) is 10.9. The lowest BCUT2D eigenvalue weighted by Gasteiger charge is -2.21. The maximum Gasteiger partial charge on any atom is 0.123 e. The van der Waals surface area contributed by atoms with Gasteiger partial charge in [0.15, 0.2) is 0 Å². The summed E-state index contributed by atoms with van der Waals surface area (Å²) in [6, 6.07) is 4.20. The van der Waals surface area contributed by atoms with E-state index in [1.807, 2.05) is 0 Å². The first-order valence-corrected chi connectivity index (χ1v) is 6.55. The van der Waals surface area contributed by atoms with Gasteiger partial charge in [-0.1, -0.05) is 34.6 Å². The van der Waals surface area contributed by atoms with Crippen molar-refractivity contribution >= 4 is 0 Å². The molecule has 0 unspecified atom stereocenters. The van der Waals surface area contributed by atoms with E-state index in [-0.39, 0.29) is 5.41 Å². The molecule has 0 saturated heterocycles. The van der Waals surface area contributed by atoms with Crippen molar-refractivity contribution in [2.24, 2.45) is 0 Å². The third-order valence-corrected chi connectivity index (χ3v) is 3.01. The van der Waals surface area contributed by atoms with Crippen LogP contribution in [0.15, 0.2) is 12.1 Å². The molecule has 2 rings (SSSR count). The molecule has 1 aliphatic carbocycles.